The molecule has 0 radical (unpaired) electrons. The third-order valence-corrected chi connectivity index (χ3v) is 6.05. The molecule has 2 aromatic rings. The van der Waals surface area contributed by atoms with Gasteiger partial charge in [-0.3, -0.25) is 9.69 Å². The molecule has 3 atom stereocenters. The Bertz CT molecular complexity index is 1000. The Morgan fingerprint density at radius 2 is 1.88 bits per heavy atom. The molecule has 33 heavy (non-hydrogen) atoms. The van der Waals surface area contributed by atoms with Crippen molar-refractivity contribution in [3.63, 3.8) is 0 Å². The number of benzene rings is 1. The monoisotopic (exact) mass is 485 g/mol. The lowest BCUT2D eigenvalue weighted by Gasteiger charge is -2.29. The third-order valence-electron chi connectivity index (χ3n) is 5.08. The molecule has 180 valence electrons. The molecule has 0 spiro atoms. The molecule has 1 fully saturated rings. The van der Waals surface area contributed by atoms with Crippen molar-refractivity contribution in [1.29, 1.82) is 0 Å². The fraction of sp³-hybridized carbons (Fsp3) is 0.500. The van der Waals surface area contributed by atoms with Crippen molar-refractivity contribution in [2.24, 2.45) is 0 Å². The Morgan fingerprint density at radius 3 is 2.39 bits per heavy atom. The second kappa shape index (κ2) is 9.30. The highest BCUT2D eigenvalue weighted by atomic mass is 32.1. The predicted octanol–water partition coefficient (Wildman–Crippen LogP) is 4.21. The van der Waals surface area contributed by atoms with Crippen molar-refractivity contribution < 1.29 is 32.6 Å². The number of thiazole rings is 1. The van der Waals surface area contributed by atoms with Crippen LogP contribution < -0.4 is 5.32 Å². The van der Waals surface area contributed by atoms with Crippen molar-refractivity contribution in [3.05, 3.63) is 41.0 Å². The number of aryl methyl sites for hydroxylation is 1. The van der Waals surface area contributed by atoms with E-state index in [2.05, 4.69) is 4.98 Å². The van der Waals surface area contributed by atoms with Gasteiger partial charge in [-0.2, -0.15) is 13.2 Å². The second-order valence-corrected chi connectivity index (χ2v) is 9.76. The topological polar surface area (TPSA) is 91.8 Å². The number of rotatable bonds is 4. The summed E-state index contributed by atoms with van der Waals surface area (Å²) < 4.78 is 46.8. The standard InChI is InChI=1S/C22H26F3N3O4S/c1-12-17(33-11-26-12)13-5-7-14(8-6-13)18(22(23,24)25)27-19(30)16-9-15(29)10-28(16)20(31)32-21(2,3)4/h5-8,11,15-16,18,29H,9-10H2,1-4H3,(H,27,30)/t15-,16+,18?/m1/s1. The van der Waals surface area contributed by atoms with Crippen molar-refractivity contribution >= 4 is 23.3 Å². The summed E-state index contributed by atoms with van der Waals surface area (Å²) in [7, 11) is 0. The van der Waals surface area contributed by atoms with Crippen LogP contribution in [0.1, 0.15) is 44.5 Å². The van der Waals surface area contributed by atoms with Crippen molar-refractivity contribution in [2.45, 2.75) is 64.1 Å². The van der Waals surface area contributed by atoms with Gasteiger partial charge in [-0.05, 0) is 38.8 Å². The van der Waals surface area contributed by atoms with Crippen LogP contribution in [0, 0.1) is 6.92 Å². The van der Waals surface area contributed by atoms with E-state index >= 15 is 0 Å². The molecule has 0 aliphatic carbocycles. The number of ether oxygens (including phenoxy) is 1. The van der Waals surface area contributed by atoms with Crippen LogP contribution >= 0.6 is 11.3 Å². The first kappa shape index (κ1) is 25.0. The molecule has 1 aliphatic rings. The summed E-state index contributed by atoms with van der Waals surface area (Å²) >= 11 is 1.38. The lowest BCUT2D eigenvalue weighted by atomic mass is 10.0. The van der Waals surface area contributed by atoms with Gasteiger partial charge in [0, 0.05) is 6.42 Å². The normalized spacial score (nSPS) is 19.9. The Hall–Kier alpha value is -2.66. The van der Waals surface area contributed by atoms with E-state index in [9.17, 15) is 27.9 Å². The molecular weight excluding hydrogens is 459 g/mol. The molecular formula is C22H26F3N3O4S. The molecule has 2 heterocycles. The summed E-state index contributed by atoms with van der Waals surface area (Å²) in [5.41, 5.74) is 2.14. The SMILES string of the molecule is Cc1ncsc1-c1ccc(C(NC(=O)[C@@H]2C[C@@H](O)CN2C(=O)OC(C)(C)C)C(F)(F)F)cc1. The highest BCUT2D eigenvalue weighted by Gasteiger charge is 2.46. The number of amides is 2. The first-order valence-electron chi connectivity index (χ1n) is 10.3. The highest BCUT2D eigenvalue weighted by molar-refractivity contribution is 7.13. The summed E-state index contributed by atoms with van der Waals surface area (Å²) in [5, 5.41) is 12.0. The van der Waals surface area contributed by atoms with Gasteiger partial charge in [-0.15, -0.1) is 11.3 Å². The molecule has 1 aliphatic heterocycles. The van der Waals surface area contributed by atoms with Crippen molar-refractivity contribution in [2.75, 3.05) is 6.54 Å². The Labute approximate surface area is 193 Å². The number of aliphatic hydroxyl groups is 1. The number of likely N-dealkylation sites (tertiary alicyclic amines) is 1. The summed E-state index contributed by atoms with van der Waals surface area (Å²) in [5.74, 6) is -1.01. The van der Waals surface area contributed by atoms with E-state index in [4.69, 9.17) is 4.74 Å². The summed E-state index contributed by atoms with van der Waals surface area (Å²) in [6.07, 6.45) is -6.86. The van der Waals surface area contributed by atoms with E-state index in [1.54, 1.807) is 38.4 Å². The van der Waals surface area contributed by atoms with Crippen LogP contribution in [0.3, 0.4) is 0 Å². The van der Waals surface area contributed by atoms with E-state index in [1.807, 2.05) is 12.2 Å². The Morgan fingerprint density at radius 1 is 1.24 bits per heavy atom. The lowest BCUT2D eigenvalue weighted by molar-refractivity contribution is -0.164. The number of alkyl halides is 3. The zero-order valence-corrected chi connectivity index (χ0v) is 19.5. The Kier molecular flexibility index (Phi) is 7.04. The minimum Gasteiger partial charge on any atom is -0.444 e. The fourth-order valence-electron chi connectivity index (χ4n) is 3.58. The van der Waals surface area contributed by atoms with Crippen LogP contribution in [0.15, 0.2) is 29.8 Å². The van der Waals surface area contributed by atoms with Crippen LogP contribution in [0.25, 0.3) is 10.4 Å². The molecule has 1 saturated heterocycles. The third kappa shape index (κ3) is 6.02. The smallest absolute Gasteiger partial charge is 0.412 e. The van der Waals surface area contributed by atoms with Crippen molar-refractivity contribution in [1.82, 2.24) is 15.2 Å². The number of nitrogens with one attached hydrogen (secondary N) is 1. The first-order chi connectivity index (χ1) is 15.3. The predicted molar refractivity (Wildman–Crippen MR) is 117 cm³/mol. The number of halogens is 3. The zero-order valence-electron chi connectivity index (χ0n) is 18.6. The Balaban J connectivity index is 1.80. The van der Waals surface area contributed by atoms with Crippen molar-refractivity contribution in [3.8, 4) is 10.4 Å². The number of aliphatic hydroxyl groups excluding tert-OH is 1. The molecule has 1 unspecified atom stereocenters. The molecule has 2 amide bonds. The van der Waals surface area contributed by atoms with E-state index in [0.29, 0.717) is 0 Å². The van der Waals surface area contributed by atoms with Crippen LogP contribution in [0.5, 0.6) is 0 Å². The number of carbonyl (C=O) groups excluding carboxylic acids is 2. The molecule has 1 aromatic carbocycles. The molecule has 0 bridgehead atoms. The van der Waals surface area contributed by atoms with Crippen LogP contribution in [0.2, 0.25) is 0 Å². The maximum absolute atomic E-state index is 13.9. The minimum absolute atomic E-state index is 0.149. The quantitative estimate of drug-likeness (QED) is 0.677. The van der Waals surface area contributed by atoms with Crippen LogP contribution in [-0.4, -0.2) is 57.5 Å². The first-order valence-corrected chi connectivity index (χ1v) is 11.2. The van der Waals surface area contributed by atoms with E-state index in [1.165, 1.54) is 23.5 Å². The highest BCUT2D eigenvalue weighted by Crippen LogP contribution is 2.35. The molecule has 11 heteroatoms. The number of aromatic nitrogens is 1. The van der Waals surface area contributed by atoms with Gasteiger partial charge in [-0.1, -0.05) is 24.3 Å². The van der Waals surface area contributed by atoms with Gasteiger partial charge in [0.15, 0.2) is 6.04 Å². The summed E-state index contributed by atoms with van der Waals surface area (Å²) in [6, 6.07) is 2.16. The van der Waals surface area contributed by atoms with Gasteiger partial charge in [0.1, 0.15) is 11.6 Å². The molecule has 2 N–H and O–H groups in total. The zero-order chi connectivity index (χ0) is 24.6. The van der Waals surface area contributed by atoms with Crippen LogP contribution in [-0.2, 0) is 9.53 Å². The molecule has 3 rings (SSSR count). The number of carbonyl (C=O) groups is 2. The lowest BCUT2D eigenvalue weighted by Crippen LogP contribution is -2.50. The van der Waals surface area contributed by atoms with E-state index in [-0.39, 0.29) is 18.5 Å². The van der Waals surface area contributed by atoms with E-state index < -0.39 is 42.0 Å². The van der Waals surface area contributed by atoms with Gasteiger partial charge < -0.3 is 15.2 Å². The molecule has 7 nitrogen and oxygen atoms in total. The molecule has 1 aromatic heterocycles. The van der Waals surface area contributed by atoms with Gasteiger partial charge in [-0.25, -0.2) is 9.78 Å². The van der Waals surface area contributed by atoms with Gasteiger partial charge in [0.05, 0.1) is 28.7 Å². The van der Waals surface area contributed by atoms with Gasteiger partial charge >= 0.3 is 12.3 Å². The average molecular weight is 486 g/mol. The molecule has 0 saturated carbocycles. The summed E-state index contributed by atoms with van der Waals surface area (Å²) in [4.78, 5) is 31.2. The fourth-order valence-corrected chi connectivity index (χ4v) is 4.39. The number of nitrogens with zero attached hydrogens (tertiary/aromatic N) is 2. The van der Waals surface area contributed by atoms with Gasteiger partial charge in [0.2, 0.25) is 5.91 Å². The number of hydrogen-bond donors (Lipinski definition) is 2. The average Bonchev–Trinajstić information content (AvgIpc) is 3.29. The maximum Gasteiger partial charge on any atom is 0.412 e. The van der Waals surface area contributed by atoms with E-state index in [0.717, 1.165) is 21.0 Å². The minimum atomic E-state index is -4.77. The number of hydrogen-bond acceptors (Lipinski definition) is 6. The second-order valence-electron chi connectivity index (χ2n) is 8.91. The largest absolute Gasteiger partial charge is 0.444 e. The summed E-state index contributed by atoms with van der Waals surface area (Å²) in [6.45, 7) is 6.49. The number of β-amino-alcohol motifs (C(OH)–C–C–N with tert-alkyl or cyclic N) is 1. The van der Waals surface area contributed by atoms with Crippen LogP contribution in [0.4, 0.5) is 18.0 Å². The maximum atomic E-state index is 13.9. The van der Waals surface area contributed by atoms with Gasteiger partial charge in [0.25, 0.3) is 0 Å².